The van der Waals surface area contributed by atoms with Crippen LogP contribution >= 0.6 is 0 Å². The molecule has 5 heteroatoms. The normalized spacial score (nSPS) is 17.1. The van der Waals surface area contributed by atoms with Crippen LogP contribution in [0.5, 0.6) is 0 Å². The first-order valence-electron chi connectivity index (χ1n) is 8.22. The van der Waals surface area contributed by atoms with E-state index in [0.717, 1.165) is 12.8 Å². The molecule has 0 N–H and O–H groups in total. The quantitative estimate of drug-likeness (QED) is 0.676. The highest BCUT2D eigenvalue weighted by Gasteiger charge is 2.33. The molecular formula is C16H29NO4. The number of hydrogen-bond donors (Lipinski definition) is 0. The molecule has 1 rings (SSSR count). The van der Waals surface area contributed by atoms with E-state index in [1.54, 1.807) is 18.7 Å². The zero-order valence-electron chi connectivity index (χ0n) is 13.6. The highest BCUT2D eigenvalue weighted by Crippen LogP contribution is 2.31. The monoisotopic (exact) mass is 299 g/mol. The summed E-state index contributed by atoms with van der Waals surface area (Å²) in [6, 6.07) is -0.103. The summed E-state index contributed by atoms with van der Waals surface area (Å²) in [4.78, 5) is 25.8. The molecule has 1 amide bonds. The molecule has 0 saturated heterocycles. The fourth-order valence-electron chi connectivity index (χ4n) is 3.15. The Morgan fingerprint density at radius 3 is 2.19 bits per heavy atom. The first-order chi connectivity index (χ1) is 10.1. The van der Waals surface area contributed by atoms with Gasteiger partial charge in [0.15, 0.2) is 0 Å². The zero-order valence-corrected chi connectivity index (χ0v) is 13.6. The van der Waals surface area contributed by atoms with Gasteiger partial charge in [0.2, 0.25) is 0 Å². The third kappa shape index (κ3) is 5.56. The standard InChI is InChI=1S/C16H29NO4/c1-4-17(16(19)21-6-3)14(12-15(18)20-5-2)13-10-8-7-9-11-13/h13-14H,4-12H2,1-3H3. The molecule has 1 aliphatic carbocycles. The van der Waals surface area contributed by atoms with Gasteiger partial charge in [-0.2, -0.15) is 0 Å². The molecule has 0 aromatic heterocycles. The first kappa shape index (κ1) is 17.8. The van der Waals surface area contributed by atoms with Crippen LogP contribution in [0.15, 0.2) is 0 Å². The number of nitrogens with zero attached hydrogens (tertiary/aromatic N) is 1. The maximum Gasteiger partial charge on any atom is 0.410 e. The van der Waals surface area contributed by atoms with Crippen molar-refractivity contribution in [3.8, 4) is 0 Å². The lowest BCUT2D eigenvalue weighted by Gasteiger charge is -2.37. The molecule has 0 spiro atoms. The van der Waals surface area contributed by atoms with Gasteiger partial charge in [0.05, 0.1) is 19.6 Å². The van der Waals surface area contributed by atoms with E-state index in [-0.39, 0.29) is 24.5 Å². The molecule has 0 bridgehead atoms. The molecule has 0 heterocycles. The highest BCUT2D eigenvalue weighted by atomic mass is 16.6. The second-order valence-corrected chi connectivity index (χ2v) is 5.46. The van der Waals surface area contributed by atoms with Gasteiger partial charge in [-0.15, -0.1) is 0 Å². The molecule has 5 nitrogen and oxygen atoms in total. The van der Waals surface area contributed by atoms with Gasteiger partial charge in [0, 0.05) is 12.6 Å². The molecule has 0 radical (unpaired) electrons. The lowest BCUT2D eigenvalue weighted by atomic mass is 9.82. The van der Waals surface area contributed by atoms with E-state index in [1.165, 1.54) is 19.3 Å². The van der Waals surface area contributed by atoms with E-state index >= 15 is 0 Å². The van der Waals surface area contributed by atoms with Crippen LogP contribution in [0, 0.1) is 5.92 Å². The SMILES string of the molecule is CCOC(=O)CC(C1CCCCC1)N(CC)C(=O)OCC. The summed E-state index contributed by atoms with van der Waals surface area (Å²) in [6.07, 6.45) is 5.67. The Morgan fingerprint density at radius 2 is 1.67 bits per heavy atom. The summed E-state index contributed by atoms with van der Waals surface area (Å²) in [5, 5.41) is 0. The average molecular weight is 299 g/mol. The van der Waals surface area contributed by atoms with Gasteiger partial charge >= 0.3 is 12.1 Å². The average Bonchev–Trinajstić information content (AvgIpc) is 2.48. The van der Waals surface area contributed by atoms with Crippen molar-refractivity contribution in [2.75, 3.05) is 19.8 Å². The number of esters is 1. The number of carbonyl (C=O) groups excluding carboxylic acids is 2. The Kier molecular flexibility index (Phi) is 8.16. The van der Waals surface area contributed by atoms with Crippen molar-refractivity contribution < 1.29 is 19.1 Å². The van der Waals surface area contributed by atoms with Gasteiger partial charge in [-0.05, 0) is 39.5 Å². The molecule has 122 valence electrons. The molecule has 0 aliphatic heterocycles. The zero-order chi connectivity index (χ0) is 15.7. The number of amides is 1. The molecule has 21 heavy (non-hydrogen) atoms. The molecule has 0 aromatic rings. The van der Waals surface area contributed by atoms with Gasteiger partial charge in [0.1, 0.15) is 0 Å². The largest absolute Gasteiger partial charge is 0.466 e. The summed E-state index contributed by atoms with van der Waals surface area (Å²) in [7, 11) is 0. The summed E-state index contributed by atoms with van der Waals surface area (Å²) in [6.45, 7) is 6.81. The molecule has 1 fully saturated rings. The van der Waals surface area contributed by atoms with Crippen molar-refractivity contribution in [1.29, 1.82) is 0 Å². The molecule has 0 aromatic carbocycles. The molecule has 1 aliphatic rings. The maximum absolute atomic E-state index is 12.1. The van der Waals surface area contributed by atoms with E-state index < -0.39 is 0 Å². The van der Waals surface area contributed by atoms with E-state index in [0.29, 0.717) is 25.7 Å². The van der Waals surface area contributed by atoms with Crippen LogP contribution in [-0.2, 0) is 14.3 Å². The third-order valence-corrected chi connectivity index (χ3v) is 4.12. The number of rotatable bonds is 7. The fraction of sp³-hybridized carbons (Fsp3) is 0.875. The molecule has 1 saturated carbocycles. The smallest absolute Gasteiger partial charge is 0.410 e. The Balaban J connectivity index is 2.81. The van der Waals surface area contributed by atoms with Crippen LogP contribution in [0.4, 0.5) is 4.79 Å². The van der Waals surface area contributed by atoms with Crippen LogP contribution in [0.3, 0.4) is 0 Å². The van der Waals surface area contributed by atoms with Crippen molar-refractivity contribution in [2.24, 2.45) is 5.92 Å². The number of ether oxygens (including phenoxy) is 2. The predicted octanol–water partition coefficient (Wildman–Crippen LogP) is 3.37. The predicted molar refractivity (Wildman–Crippen MR) is 81.0 cm³/mol. The van der Waals surface area contributed by atoms with Crippen molar-refractivity contribution in [1.82, 2.24) is 4.90 Å². The maximum atomic E-state index is 12.1. The van der Waals surface area contributed by atoms with Crippen molar-refractivity contribution in [2.45, 2.75) is 65.3 Å². The number of hydrogen-bond acceptors (Lipinski definition) is 4. The minimum absolute atomic E-state index is 0.103. The van der Waals surface area contributed by atoms with Crippen molar-refractivity contribution in [3.63, 3.8) is 0 Å². The Labute approximate surface area is 128 Å². The van der Waals surface area contributed by atoms with Gasteiger partial charge < -0.3 is 14.4 Å². The highest BCUT2D eigenvalue weighted by molar-refractivity contribution is 5.73. The summed E-state index contributed by atoms with van der Waals surface area (Å²) in [5.74, 6) is 0.142. The van der Waals surface area contributed by atoms with Gasteiger partial charge in [-0.3, -0.25) is 4.79 Å². The van der Waals surface area contributed by atoms with E-state index in [9.17, 15) is 9.59 Å². The molecular weight excluding hydrogens is 270 g/mol. The van der Waals surface area contributed by atoms with Crippen LogP contribution in [0.2, 0.25) is 0 Å². The van der Waals surface area contributed by atoms with Crippen molar-refractivity contribution in [3.05, 3.63) is 0 Å². The minimum atomic E-state index is -0.320. The van der Waals surface area contributed by atoms with Crippen LogP contribution in [0.1, 0.15) is 59.3 Å². The van der Waals surface area contributed by atoms with E-state index in [2.05, 4.69) is 0 Å². The number of carbonyl (C=O) groups is 2. The fourth-order valence-corrected chi connectivity index (χ4v) is 3.15. The van der Waals surface area contributed by atoms with Crippen LogP contribution < -0.4 is 0 Å². The van der Waals surface area contributed by atoms with Gasteiger partial charge in [0.25, 0.3) is 0 Å². The summed E-state index contributed by atoms with van der Waals surface area (Å²) < 4.78 is 10.2. The Bertz CT molecular complexity index is 326. The second-order valence-electron chi connectivity index (χ2n) is 5.46. The molecule has 1 unspecified atom stereocenters. The second kappa shape index (κ2) is 9.64. The van der Waals surface area contributed by atoms with Crippen LogP contribution in [0.25, 0.3) is 0 Å². The summed E-state index contributed by atoms with van der Waals surface area (Å²) >= 11 is 0. The lowest BCUT2D eigenvalue weighted by Crippen LogP contribution is -2.46. The third-order valence-electron chi connectivity index (χ3n) is 4.12. The Morgan fingerprint density at radius 1 is 1.05 bits per heavy atom. The van der Waals surface area contributed by atoms with Gasteiger partial charge in [-0.1, -0.05) is 19.3 Å². The van der Waals surface area contributed by atoms with Gasteiger partial charge in [-0.25, -0.2) is 4.79 Å². The minimum Gasteiger partial charge on any atom is -0.466 e. The Hall–Kier alpha value is -1.26. The first-order valence-corrected chi connectivity index (χ1v) is 8.22. The van der Waals surface area contributed by atoms with E-state index in [1.807, 2.05) is 6.92 Å². The lowest BCUT2D eigenvalue weighted by molar-refractivity contribution is -0.145. The molecule has 1 atom stereocenters. The summed E-state index contributed by atoms with van der Waals surface area (Å²) in [5.41, 5.74) is 0. The van der Waals surface area contributed by atoms with Crippen molar-refractivity contribution >= 4 is 12.1 Å². The van der Waals surface area contributed by atoms with Crippen LogP contribution in [-0.4, -0.2) is 42.8 Å². The topological polar surface area (TPSA) is 55.8 Å². The van der Waals surface area contributed by atoms with E-state index in [4.69, 9.17) is 9.47 Å².